The monoisotopic (exact) mass is 428 g/mol. The number of ether oxygens (including phenoxy) is 2. The fourth-order valence-electron chi connectivity index (χ4n) is 3.42. The third kappa shape index (κ3) is 5.09. The largest absolute Gasteiger partial charge is 0.490 e. The second-order valence-electron chi connectivity index (χ2n) is 6.62. The molecule has 2 aliphatic rings. The first kappa shape index (κ1) is 21.6. The minimum absolute atomic E-state index is 0.00413. The van der Waals surface area contributed by atoms with Crippen LogP contribution < -0.4 is 4.74 Å². The highest BCUT2D eigenvalue weighted by molar-refractivity contribution is 5.94. The number of halogens is 3. The average Bonchev–Trinajstić information content (AvgIpc) is 3.38. The molecular formula is C19H19F3N2O6. The zero-order valence-electron chi connectivity index (χ0n) is 15.6. The molecule has 0 aromatic carbocycles. The Bertz CT molecular complexity index is 844. The van der Waals surface area contributed by atoms with E-state index in [0.29, 0.717) is 24.6 Å². The molecule has 1 aliphatic carbocycles. The van der Waals surface area contributed by atoms with Crippen molar-refractivity contribution in [2.24, 2.45) is 0 Å². The summed E-state index contributed by atoms with van der Waals surface area (Å²) in [5.74, 6) is -2.16. The summed E-state index contributed by atoms with van der Waals surface area (Å²) in [7, 11) is 0. The van der Waals surface area contributed by atoms with Crippen molar-refractivity contribution in [3.8, 4) is 5.88 Å². The van der Waals surface area contributed by atoms with Crippen molar-refractivity contribution < 1.29 is 41.8 Å². The molecule has 1 saturated carbocycles. The van der Waals surface area contributed by atoms with Crippen LogP contribution in [0.15, 0.2) is 47.4 Å². The summed E-state index contributed by atoms with van der Waals surface area (Å²) in [4.78, 5) is 27.6. The highest BCUT2D eigenvalue weighted by atomic mass is 19.4. The molecule has 1 saturated heterocycles. The van der Waals surface area contributed by atoms with Gasteiger partial charge in [-0.1, -0.05) is 6.07 Å². The number of carboxylic acids is 1. The summed E-state index contributed by atoms with van der Waals surface area (Å²) in [6.07, 6.45) is 1.16. The minimum Gasteiger partial charge on any atom is -0.475 e. The number of morpholine rings is 1. The smallest absolute Gasteiger partial charge is 0.475 e. The molecule has 0 spiro atoms. The number of pyridine rings is 1. The normalized spacial score (nSPS) is 23.2. The van der Waals surface area contributed by atoms with Crippen LogP contribution in [0.2, 0.25) is 0 Å². The molecule has 3 heterocycles. The van der Waals surface area contributed by atoms with Gasteiger partial charge in [0.15, 0.2) is 0 Å². The Labute approximate surface area is 169 Å². The Morgan fingerprint density at radius 1 is 1.23 bits per heavy atom. The quantitative estimate of drug-likeness (QED) is 0.802. The van der Waals surface area contributed by atoms with E-state index >= 15 is 0 Å². The number of amides is 1. The summed E-state index contributed by atoms with van der Waals surface area (Å²) in [6, 6.07) is 7.33. The lowest BCUT2D eigenvalue weighted by Gasteiger charge is -2.38. The Morgan fingerprint density at radius 3 is 2.60 bits per heavy atom. The van der Waals surface area contributed by atoms with Crippen molar-refractivity contribution >= 4 is 11.9 Å². The number of hydrogen-bond acceptors (Lipinski definition) is 6. The molecule has 11 heteroatoms. The first-order chi connectivity index (χ1) is 14.3. The number of furan rings is 1. The zero-order chi connectivity index (χ0) is 21.7. The topological polar surface area (TPSA) is 102 Å². The fraction of sp³-hybridized carbons (Fsp3) is 0.421. The molecule has 0 radical (unpaired) electrons. The third-order valence-corrected chi connectivity index (χ3v) is 4.72. The molecule has 30 heavy (non-hydrogen) atoms. The Hall–Kier alpha value is -3.08. The molecule has 4 rings (SSSR count). The standard InChI is InChI=1S/C17H18N2O4.C2HF3O2/c20-17(12-6-9-21-11-12)19-8-10-22-16-13(19)4-5-14(16)23-15-3-1-2-7-18-15;3-2(4,5)1(6)7/h1-3,6-7,9,11,13-14,16H,4-5,8,10H2;(H,6,7)/t13-,14-,16+;/m0./s1. The maximum atomic E-state index is 12.6. The number of hydrogen-bond donors (Lipinski definition) is 1. The summed E-state index contributed by atoms with van der Waals surface area (Å²) in [5, 5.41) is 7.12. The third-order valence-electron chi connectivity index (χ3n) is 4.72. The van der Waals surface area contributed by atoms with E-state index in [1.165, 1.54) is 12.5 Å². The summed E-state index contributed by atoms with van der Waals surface area (Å²) < 4.78 is 48.6. The maximum Gasteiger partial charge on any atom is 0.490 e. The van der Waals surface area contributed by atoms with E-state index < -0.39 is 12.1 Å². The van der Waals surface area contributed by atoms with Gasteiger partial charge in [-0.25, -0.2) is 9.78 Å². The van der Waals surface area contributed by atoms with E-state index in [4.69, 9.17) is 23.8 Å². The molecule has 3 atom stereocenters. The molecule has 0 unspecified atom stereocenters. The van der Waals surface area contributed by atoms with E-state index in [9.17, 15) is 18.0 Å². The number of nitrogens with zero attached hydrogens (tertiary/aromatic N) is 2. The van der Waals surface area contributed by atoms with Crippen LogP contribution in [-0.2, 0) is 9.53 Å². The molecule has 0 bridgehead atoms. The summed E-state index contributed by atoms with van der Waals surface area (Å²) >= 11 is 0. The van der Waals surface area contributed by atoms with E-state index in [1.807, 2.05) is 23.1 Å². The SMILES string of the molecule is O=C(O)C(F)(F)F.O=C(c1ccoc1)N1CCO[C@H]2[C@@H](Oc3ccccn3)CC[C@@H]21. The van der Waals surface area contributed by atoms with Crippen LogP contribution in [0.1, 0.15) is 23.2 Å². The van der Waals surface area contributed by atoms with E-state index in [-0.39, 0.29) is 24.2 Å². The summed E-state index contributed by atoms with van der Waals surface area (Å²) in [5.41, 5.74) is 0.583. The van der Waals surface area contributed by atoms with Crippen molar-refractivity contribution in [3.63, 3.8) is 0 Å². The number of aliphatic carboxylic acids is 1. The number of carboxylic acid groups (broad SMARTS) is 1. The molecule has 2 aromatic heterocycles. The van der Waals surface area contributed by atoms with Gasteiger partial charge >= 0.3 is 12.1 Å². The number of carbonyl (C=O) groups excluding carboxylic acids is 1. The highest BCUT2D eigenvalue weighted by Gasteiger charge is 2.46. The number of alkyl halides is 3. The lowest BCUT2D eigenvalue weighted by Crippen LogP contribution is -2.54. The highest BCUT2D eigenvalue weighted by Crippen LogP contribution is 2.33. The first-order valence-electron chi connectivity index (χ1n) is 9.10. The van der Waals surface area contributed by atoms with E-state index in [0.717, 1.165) is 12.8 Å². The van der Waals surface area contributed by atoms with Crippen LogP contribution in [0.25, 0.3) is 0 Å². The molecule has 2 aromatic rings. The van der Waals surface area contributed by atoms with Crippen LogP contribution in [-0.4, -0.2) is 64.4 Å². The van der Waals surface area contributed by atoms with Crippen LogP contribution in [0.5, 0.6) is 5.88 Å². The van der Waals surface area contributed by atoms with Crippen molar-refractivity contribution in [1.82, 2.24) is 9.88 Å². The minimum atomic E-state index is -5.08. The molecule has 8 nitrogen and oxygen atoms in total. The van der Waals surface area contributed by atoms with Crippen LogP contribution >= 0.6 is 0 Å². The van der Waals surface area contributed by atoms with Gasteiger partial charge in [0.1, 0.15) is 18.5 Å². The van der Waals surface area contributed by atoms with Crippen LogP contribution in [0.4, 0.5) is 13.2 Å². The molecule has 2 fully saturated rings. The number of fused-ring (bicyclic) bond motifs is 1. The van der Waals surface area contributed by atoms with Crippen LogP contribution in [0, 0.1) is 0 Å². The Morgan fingerprint density at radius 2 is 2.00 bits per heavy atom. The second kappa shape index (κ2) is 9.16. The summed E-state index contributed by atoms with van der Waals surface area (Å²) in [6.45, 7) is 1.12. The molecule has 162 valence electrons. The number of aromatic nitrogens is 1. The lowest BCUT2D eigenvalue weighted by molar-refractivity contribution is -0.192. The van der Waals surface area contributed by atoms with Gasteiger partial charge in [-0.15, -0.1) is 0 Å². The predicted molar refractivity (Wildman–Crippen MR) is 94.9 cm³/mol. The molecule has 1 amide bonds. The van der Waals surface area contributed by atoms with Gasteiger partial charge in [0.25, 0.3) is 5.91 Å². The van der Waals surface area contributed by atoms with Crippen molar-refractivity contribution in [2.45, 2.75) is 37.3 Å². The molecule has 1 aliphatic heterocycles. The van der Waals surface area contributed by atoms with Gasteiger partial charge in [-0.3, -0.25) is 4.79 Å². The van der Waals surface area contributed by atoms with Gasteiger partial charge in [0.05, 0.1) is 24.5 Å². The van der Waals surface area contributed by atoms with Crippen LogP contribution in [0.3, 0.4) is 0 Å². The first-order valence-corrected chi connectivity index (χ1v) is 9.10. The van der Waals surface area contributed by atoms with E-state index in [2.05, 4.69) is 4.98 Å². The Balaban J connectivity index is 0.000000318. The number of rotatable bonds is 3. The van der Waals surface area contributed by atoms with Crippen molar-refractivity contribution in [2.75, 3.05) is 13.2 Å². The Kier molecular flexibility index (Phi) is 6.60. The van der Waals surface area contributed by atoms with Gasteiger partial charge in [-0.2, -0.15) is 13.2 Å². The number of carbonyl (C=O) groups is 2. The van der Waals surface area contributed by atoms with Gasteiger partial charge in [0.2, 0.25) is 5.88 Å². The molecular weight excluding hydrogens is 409 g/mol. The predicted octanol–water partition coefficient (Wildman–Crippen LogP) is 2.76. The van der Waals surface area contributed by atoms with Gasteiger partial charge < -0.3 is 23.9 Å². The van der Waals surface area contributed by atoms with Crippen molar-refractivity contribution in [1.29, 1.82) is 0 Å². The van der Waals surface area contributed by atoms with Crippen molar-refractivity contribution in [3.05, 3.63) is 48.6 Å². The van der Waals surface area contributed by atoms with E-state index in [1.54, 1.807) is 12.3 Å². The van der Waals surface area contributed by atoms with Gasteiger partial charge in [0, 0.05) is 18.8 Å². The maximum absolute atomic E-state index is 12.6. The lowest BCUT2D eigenvalue weighted by atomic mass is 10.1. The van der Waals surface area contributed by atoms with Gasteiger partial charge in [-0.05, 0) is 25.0 Å². The molecule has 1 N–H and O–H groups in total. The zero-order valence-corrected chi connectivity index (χ0v) is 15.6. The average molecular weight is 428 g/mol. The second-order valence-corrected chi connectivity index (χ2v) is 6.62. The fourth-order valence-corrected chi connectivity index (χ4v) is 3.42.